The summed E-state index contributed by atoms with van der Waals surface area (Å²) in [5.41, 5.74) is 1.90. The van der Waals surface area contributed by atoms with Crippen LogP contribution in [0.5, 0.6) is 0 Å². The molecule has 3 heterocycles. The number of amides is 1. The molecule has 5 heteroatoms. The van der Waals surface area contributed by atoms with Gasteiger partial charge in [-0.05, 0) is 38.1 Å². The molecule has 0 spiro atoms. The van der Waals surface area contributed by atoms with E-state index in [4.69, 9.17) is 0 Å². The van der Waals surface area contributed by atoms with Gasteiger partial charge in [-0.3, -0.25) is 9.48 Å². The SMILES string of the molecule is CN1CCCCC[C@@H]2[C@@H]1[C@H](c1ccccc1)CN2C(=O)c1ccn(C)n1. The molecule has 3 atom stereocenters. The van der Waals surface area contributed by atoms with Gasteiger partial charge in [0.1, 0.15) is 5.69 Å². The molecule has 1 amide bonds. The Kier molecular flexibility index (Phi) is 4.81. The maximum absolute atomic E-state index is 13.2. The van der Waals surface area contributed by atoms with E-state index in [1.54, 1.807) is 4.68 Å². The highest BCUT2D eigenvalue weighted by Gasteiger charge is 2.46. The van der Waals surface area contributed by atoms with Crippen LogP contribution in [0.25, 0.3) is 0 Å². The van der Waals surface area contributed by atoms with E-state index >= 15 is 0 Å². The first kappa shape index (κ1) is 17.3. The third-order valence-corrected chi connectivity index (χ3v) is 6.04. The summed E-state index contributed by atoms with van der Waals surface area (Å²) in [6.07, 6.45) is 6.61. The van der Waals surface area contributed by atoms with Crippen LogP contribution < -0.4 is 0 Å². The summed E-state index contributed by atoms with van der Waals surface area (Å²) in [4.78, 5) is 17.8. The van der Waals surface area contributed by atoms with E-state index in [1.165, 1.54) is 24.8 Å². The molecular weight excluding hydrogens is 324 g/mol. The standard InChI is InChI=1S/C21H28N4O/c1-23-13-8-4-7-11-19-20(23)17(16-9-5-3-6-10-16)15-25(19)21(26)18-12-14-24(2)22-18/h3,5-6,9-10,12,14,17,19-20H,4,7-8,11,13,15H2,1-2H3/t17-,19+,20-/m0/s1. The van der Waals surface area contributed by atoms with Crippen molar-refractivity contribution in [3.8, 4) is 0 Å². The molecule has 2 fully saturated rings. The zero-order valence-electron chi connectivity index (χ0n) is 15.7. The highest BCUT2D eigenvalue weighted by Crippen LogP contribution is 2.39. The fraction of sp³-hybridized carbons (Fsp3) is 0.524. The molecule has 138 valence electrons. The first-order valence-electron chi connectivity index (χ1n) is 9.71. The molecule has 0 aliphatic carbocycles. The van der Waals surface area contributed by atoms with Gasteiger partial charge in [-0.25, -0.2) is 0 Å². The second-order valence-electron chi connectivity index (χ2n) is 7.74. The molecule has 2 aliphatic heterocycles. The summed E-state index contributed by atoms with van der Waals surface area (Å²) in [7, 11) is 4.09. The molecule has 4 rings (SSSR count). The lowest BCUT2D eigenvalue weighted by molar-refractivity contribution is 0.0662. The van der Waals surface area contributed by atoms with E-state index in [9.17, 15) is 4.79 Å². The van der Waals surface area contributed by atoms with Crippen LogP contribution >= 0.6 is 0 Å². The van der Waals surface area contributed by atoms with Crippen molar-refractivity contribution >= 4 is 5.91 Å². The average molecular weight is 352 g/mol. The van der Waals surface area contributed by atoms with Crippen molar-refractivity contribution in [3.63, 3.8) is 0 Å². The second kappa shape index (κ2) is 7.23. The van der Waals surface area contributed by atoms with Gasteiger partial charge >= 0.3 is 0 Å². The fourth-order valence-corrected chi connectivity index (χ4v) is 4.79. The van der Waals surface area contributed by atoms with Crippen LogP contribution in [0.3, 0.4) is 0 Å². The third-order valence-electron chi connectivity index (χ3n) is 6.04. The molecule has 2 saturated heterocycles. The van der Waals surface area contributed by atoms with Gasteiger partial charge in [-0.2, -0.15) is 5.10 Å². The number of nitrogens with zero attached hydrogens (tertiary/aromatic N) is 4. The minimum absolute atomic E-state index is 0.0769. The Morgan fingerprint density at radius 3 is 2.62 bits per heavy atom. The predicted molar refractivity (Wildman–Crippen MR) is 102 cm³/mol. The van der Waals surface area contributed by atoms with Gasteiger partial charge in [0.15, 0.2) is 0 Å². The van der Waals surface area contributed by atoms with Crippen LogP contribution in [0.2, 0.25) is 0 Å². The summed E-state index contributed by atoms with van der Waals surface area (Å²) in [6, 6.07) is 13.2. The molecule has 5 nitrogen and oxygen atoms in total. The lowest BCUT2D eigenvalue weighted by Crippen LogP contribution is -2.47. The Balaban J connectivity index is 1.69. The van der Waals surface area contributed by atoms with Crippen molar-refractivity contribution in [1.82, 2.24) is 19.6 Å². The van der Waals surface area contributed by atoms with Gasteiger partial charge in [0.2, 0.25) is 0 Å². The van der Waals surface area contributed by atoms with Crippen LogP contribution in [0.4, 0.5) is 0 Å². The number of aromatic nitrogens is 2. The van der Waals surface area contributed by atoms with Gasteiger partial charge in [0.25, 0.3) is 5.91 Å². The summed E-state index contributed by atoms with van der Waals surface area (Å²) >= 11 is 0. The monoisotopic (exact) mass is 352 g/mol. The number of hydrogen-bond acceptors (Lipinski definition) is 3. The zero-order chi connectivity index (χ0) is 18.1. The number of benzene rings is 1. The van der Waals surface area contributed by atoms with Crippen molar-refractivity contribution in [2.45, 2.75) is 43.7 Å². The van der Waals surface area contributed by atoms with E-state index < -0.39 is 0 Å². The molecule has 0 N–H and O–H groups in total. The summed E-state index contributed by atoms with van der Waals surface area (Å²) in [5, 5.41) is 4.36. The summed E-state index contributed by atoms with van der Waals surface area (Å²) in [6.45, 7) is 1.88. The number of likely N-dealkylation sites (N-methyl/N-ethyl adjacent to an activating group) is 1. The largest absolute Gasteiger partial charge is 0.332 e. The normalized spacial score (nSPS) is 27.0. The number of hydrogen-bond donors (Lipinski definition) is 0. The van der Waals surface area contributed by atoms with Crippen LogP contribution in [0, 0.1) is 0 Å². The summed E-state index contributed by atoms with van der Waals surface area (Å²) < 4.78 is 1.71. The van der Waals surface area contributed by atoms with Crippen molar-refractivity contribution in [2.75, 3.05) is 20.1 Å². The minimum atomic E-state index is 0.0769. The van der Waals surface area contributed by atoms with Crippen molar-refractivity contribution in [1.29, 1.82) is 0 Å². The average Bonchev–Trinajstić information content (AvgIpc) is 3.23. The van der Waals surface area contributed by atoms with Crippen molar-refractivity contribution in [2.24, 2.45) is 7.05 Å². The van der Waals surface area contributed by atoms with E-state index in [0.29, 0.717) is 17.7 Å². The van der Waals surface area contributed by atoms with Crippen molar-refractivity contribution in [3.05, 3.63) is 53.9 Å². The van der Waals surface area contributed by atoms with Crippen molar-refractivity contribution < 1.29 is 4.79 Å². The smallest absolute Gasteiger partial charge is 0.274 e. The number of fused-ring (bicyclic) bond motifs is 1. The minimum Gasteiger partial charge on any atom is -0.332 e. The van der Waals surface area contributed by atoms with Gasteiger partial charge in [-0.1, -0.05) is 43.2 Å². The van der Waals surface area contributed by atoms with Crippen LogP contribution in [0.1, 0.15) is 47.7 Å². The van der Waals surface area contributed by atoms with E-state index in [1.807, 2.05) is 19.3 Å². The molecule has 0 saturated carbocycles. The van der Waals surface area contributed by atoms with E-state index in [0.717, 1.165) is 19.5 Å². The quantitative estimate of drug-likeness (QED) is 0.834. The molecular formula is C21H28N4O. The summed E-state index contributed by atoms with van der Waals surface area (Å²) in [5.74, 6) is 0.435. The van der Waals surface area contributed by atoms with Gasteiger partial charge < -0.3 is 9.80 Å². The fourth-order valence-electron chi connectivity index (χ4n) is 4.79. The first-order chi connectivity index (χ1) is 12.6. The molecule has 1 aromatic carbocycles. The molecule has 26 heavy (non-hydrogen) atoms. The number of carbonyl (C=O) groups is 1. The topological polar surface area (TPSA) is 41.4 Å². The molecule has 0 bridgehead atoms. The molecule has 0 radical (unpaired) electrons. The first-order valence-corrected chi connectivity index (χ1v) is 9.71. The number of aryl methyl sites for hydroxylation is 1. The third kappa shape index (κ3) is 3.16. The Bertz CT molecular complexity index is 756. The molecule has 2 aromatic rings. The molecule has 2 aliphatic rings. The Hall–Kier alpha value is -2.14. The molecule has 1 aromatic heterocycles. The highest BCUT2D eigenvalue weighted by molar-refractivity contribution is 5.92. The number of carbonyl (C=O) groups excluding carboxylic acids is 1. The zero-order valence-corrected chi connectivity index (χ0v) is 15.7. The van der Waals surface area contributed by atoms with Crippen LogP contribution in [-0.2, 0) is 7.05 Å². The Morgan fingerprint density at radius 2 is 1.88 bits per heavy atom. The van der Waals surface area contributed by atoms with Gasteiger partial charge in [0, 0.05) is 37.8 Å². The maximum atomic E-state index is 13.2. The van der Waals surface area contributed by atoms with Gasteiger partial charge in [-0.15, -0.1) is 0 Å². The van der Waals surface area contributed by atoms with Crippen LogP contribution in [-0.4, -0.2) is 57.7 Å². The number of rotatable bonds is 2. The number of likely N-dealkylation sites (tertiary alicyclic amines) is 2. The Morgan fingerprint density at radius 1 is 1.08 bits per heavy atom. The predicted octanol–water partition coefficient (Wildman–Crippen LogP) is 2.90. The van der Waals surface area contributed by atoms with Crippen LogP contribution in [0.15, 0.2) is 42.6 Å². The second-order valence-corrected chi connectivity index (χ2v) is 7.74. The Labute approximate surface area is 155 Å². The van der Waals surface area contributed by atoms with Gasteiger partial charge in [0.05, 0.1) is 0 Å². The highest BCUT2D eigenvalue weighted by atomic mass is 16.2. The molecule has 0 unspecified atom stereocenters. The maximum Gasteiger partial charge on any atom is 0.274 e. The van der Waals surface area contributed by atoms with E-state index in [2.05, 4.69) is 52.3 Å². The van der Waals surface area contributed by atoms with E-state index in [-0.39, 0.29) is 11.9 Å². The lowest BCUT2D eigenvalue weighted by atomic mass is 9.87. The lowest BCUT2D eigenvalue weighted by Gasteiger charge is -2.36.